The van der Waals surface area contributed by atoms with Gasteiger partial charge in [0.1, 0.15) is 18.2 Å². The molecule has 1 aliphatic heterocycles. The second kappa shape index (κ2) is 11.6. The van der Waals surface area contributed by atoms with E-state index in [2.05, 4.69) is 4.98 Å². The van der Waals surface area contributed by atoms with Crippen LogP contribution in [0, 0.1) is 11.6 Å². The smallest absolute Gasteiger partial charge is 0.417 e. The summed E-state index contributed by atoms with van der Waals surface area (Å²) < 4.78 is 86.2. The van der Waals surface area contributed by atoms with Crippen molar-refractivity contribution in [1.82, 2.24) is 9.55 Å². The van der Waals surface area contributed by atoms with Crippen LogP contribution in [0.2, 0.25) is 5.02 Å². The highest BCUT2D eigenvalue weighted by Gasteiger charge is 2.33. The predicted octanol–water partition coefficient (Wildman–Crippen LogP) is 5.81. The lowest BCUT2D eigenvalue weighted by molar-refractivity contribution is -0.137. The maximum Gasteiger partial charge on any atom is 0.417 e. The summed E-state index contributed by atoms with van der Waals surface area (Å²) in [5, 5.41) is -0.578. The molecule has 0 amide bonds. The maximum atomic E-state index is 14.7. The van der Waals surface area contributed by atoms with Gasteiger partial charge < -0.3 is 19.1 Å². The number of ether oxygens (including phenoxy) is 3. The minimum Gasteiger partial charge on any atom is -0.473 e. The van der Waals surface area contributed by atoms with E-state index in [1.807, 2.05) is 11.8 Å². The van der Waals surface area contributed by atoms with E-state index in [4.69, 9.17) is 25.8 Å². The Morgan fingerprint density at radius 3 is 2.39 bits per heavy atom. The van der Waals surface area contributed by atoms with E-state index < -0.39 is 45.6 Å². The van der Waals surface area contributed by atoms with Crippen molar-refractivity contribution in [3.8, 4) is 17.4 Å². The summed E-state index contributed by atoms with van der Waals surface area (Å²) in [6.45, 7) is 4.19. The van der Waals surface area contributed by atoms with E-state index in [9.17, 15) is 26.7 Å². The highest BCUT2D eigenvalue weighted by Crippen LogP contribution is 2.38. The van der Waals surface area contributed by atoms with Crippen molar-refractivity contribution in [2.24, 2.45) is 0 Å². The quantitative estimate of drug-likeness (QED) is 0.325. The van der Waals surface area contributed by atoms with Crippen LogP contribution in [0.4, 0.5) is 27.8 Å². The molecule has 0 N–H and O–H groups in total. The summed E-state index contributed by atoms with van der Waals surface area (Å²) in [6.07, 6.45) is -4.07. The average Bonchev–Trinajstić information content (AvgIpc) is 2.87. The van der Waals surface area contributed by atoms with Crippen LogP contribution in [0.3, 0.4) is 0 Å². The number of morpholine rings is 1. The van der Waals surface area contributed by atoms with Crippen LogP contribution in [-0.4, -0.2) is 35.9 Å². The van der Waals surface area contributed by atoms with Crippen LogP contribution >= 0.6 is 11.6 Å². The minimum absolute atomic E-state index is 0.0224. The third-order valence-electron chi connectivity index (χ3n) is 5.66. The fourth-order valence-electron chi connectivity index (χ4n) is 3.89. The molecule has 0 aliphatic carbocycles. The highest BCUT2D eigenvalue weighted by molar-refractivity contribution is 6.31. The third kappa shape index (κ3) is 6.36. The Hall–Kier alpha value is -3.38. The minimum atomic E-state index is -4.78. The van der Waals surface area contributed by atoms with Crippen molar-refractivity contribution in [2.45, 2.75) is 32.7 Å². The number of rotatable bonds is 8. The maximum absolute atomic E-state index is 14.7. The van der Waals surface area contributed by atoms with Crippen molar-refractivity contribution >= 4 is 17.4 Å². The molecule has 2 heterocycles. The number of benzene rings is 2. The van der Waals surface area contributed by atoms with Crippen molar-refractivity contribution in [3.05, 3.63) is 74.7 Å². The zero-order chi connectivity index (χ0) is 27.4. The van der Waals surface area contributed by atoms with Gasteiger partial charge in [-0.3, -0.25) is 4.57 Å². The monoisotopic (exact) mass is 559 g/mol. The number of aromatic nitrogens is 2. The SMILES string of the molecule is CCCn1c(N2CCOCC2)cc(OCc2cc(F)c(Oc3ccc(Cl)c(C(F)(F)F)c3)c(F)c2)nc1=O. The Morgan fingerprint density at radius 2 is 1.76 bits per heavy atom. The fourth-order valence-corrected chi connectivity index (χ4v) is 4.11. The predicted molar refractivity (Wildman–Crippen MR) is 129 cm³/mol. The second-order valence-corrected chi connectivity index (χ2v) is 8.81. The Morgan fingerprint density at radius 1 is 1.08 bits per heavy atom. The molecule has 1 fully saturated rings. The molecule has 2 aromatic carbocycles. The average molecular weight is 560 g/mol. The van der Waals surface area contributed by atoms with Gasteiger partial charge in [0, 0.05) is 25.7 Å². The summed E-state index contributed by atoms with van der Waals surface area (Å²) in [7, 11) is 0. The van der Waals surface area contributed by atoms with Gasteiger partial charge in [-0.05, 0) is 42.3 Å². The molecule has 0 spiro atoms. The standard InChI is InChI=1S/C25H23ClF5N3O4/c1-2-5-34-22(33-6-8-36-9-7-33)13-21(32-24(34)35)37-14-15-10-19(27)23(20(28)11-15)38-16-3-4-18(26)17(12-16)25(29,30)31/h3-4,10-13H,2,5-9,14H2,1H3. The largest absolute Gasteiger partial charge is 0.473 e. The van der Waals surface area contributed by atoms with Gasteiger partial charge in [0.15, 0.2) is 17.4 Å². The Kier molecular flexibility index (Phi) is 8.41. The summed E-state index contributed by atoms with van der Waals surface area (Å²) in [5.74, 6) is -3.08. The first-order chi connectivity index (χ1) is 18.1. The van der Waals surface area contributed by atoms with E-state index in [0.29, 0.717) is 51.2 Å². The van der Waals surface area contributed by atoms with Crippen molar-refractivity contribution in [3.63, 3.8) is 0 Å². The normalized spacial score (nSPS) is 14.0. The number of hydrogen-bond donors (Lipinski definition) is 0. The van der Waals surface area contributed by atoms with Gasteiger partial charge in [-0.25, -0.2) is 13.6 Å². The summed E-state index contributed by atoms with van der Waals surface area (Å²) in [4.78, 5) is 18.5. The van der Waals surface area contributed by atoms with Gasteiger partial charge in [-0.2, -0.15) is 18.2 Å². The van der Waals surface area contributed by atoms with Crippen LogP contribution in [0.25, 0.3) is 0 Å². The van der Waals surface area contributed by atoms with Gasteiger partial charge >= 0.3 is 11.9 Å². The van der Waals surface area contributed by atoms with E-state index in [1.54, 1.807) is 6.07 Å². The van der Waals surface area contributed by atoms with Crippen LogP contribution in [-0.2, 0) is 24.1 Å². The molecule has 1 aromatic heterocycles. The molecule has 0 unspecified atom stereocenters. The number of hydrogen-bond acceptors (Lipinski definition) is 6. The van der Waals surface area contributed by atoms with Crippen molar-refractivity contribution in [2.75, 3.05) is 31.2 Å². The molecule has 0 radical (unpaired) electrons. The highest BCUT2D eigenvalue weighted by atomic mass is 35.5. The molecule has 1 aliphatic rings. The zero-order valence-corrected chi connectivity index (χ0v) is 20.9. The molecule has 38 heavy (non-hydrogen) atoms. The molecule has 13 heteroatoms. The summed E-state index contributed by atoms with van der Waals surface area (Å²) in [5.41, 5.74) is -1.67. The molecule has 0 bridgehead atoms. The number of alkyl halides is 3. The molecule has 204 valence electrons. The van der Waals surface area contributed by atoms with E-state index in [1.165, 1.54) is 4.57 Å². The van der Waals surface area contributed by atoms with Crippen LogP contribution in [0.1, 0.15) is 24.5 Å². The Labute approximate surface area is 219 Å². The molecule has 4 rings (SSSR count). The molecule has 0 atom stereocenters. The molecule has 7 nitrogen and oxygen atoms in total. The lowest BCUT2D eigenvalue weighted by Gasteiger charge is -2.30. The van der Waals surface area contributed by atoms with Gasteiger partial charge in [0.05, 0.1) is 23.8 Å². The third-order valence-corrected chi connectivity index (χ3v) is 5.99. The first kappa shape index (κ1) is 27.6. The molecular formula is C25H23ClF5N3O4. The van der Waals surface area contributed by atoms with Gasteiger partial charge in [0.25, 0.3) is 0 Å². The lowest BCUT2D eigenvalue weighted by Crippen LogP contribution is -2.40. The van der Waals surface area contributed by atoms with Gasteiger partial charge in [-0.1, -0.05) is 18.5 Å². The van der Waals surface area contributed by atoms with E-state index in [-0.39, 0.29) is 18.1 Å². The van der Waals surface area contributed by atoms with Crippen molar-refractivity contribution < 1.29 is 36.2 Å². The number of anilines is 1. The zero-order valence-electron chi connectivity index (χ0n) is 20.2. The molecule has 1 saturated heterocycles. The summed E-state index contributed by atoms with van der Waals surface area (Å²) >= 11 is 5.57. The molecule has 3 aromatic rings. The van der Waals surface area contributed by atoms with Crippen LogP contribution in [0.5, 0.6) is 17.4 Å². The first-order valence-corrected chi connectivity index (χ1v) is 12.0. The van der Waals surface area contributed by atoms with Gasteiger partial charge in [-0.15, -0.1) is 0 Å². The Balaban J connectivity index is 1.53. The second-order valence-electron chi connectivity index (χ2n) is 8.40. The molecule has 0 saturated carbocycles. The first-order valence-electron chi connectivity index (χ1n) is 11.7. The van der Waals surface area contributed by atoms with Crippen LogP contribution < -0.4 is 20.1 Å². The van der Waals surface area contributed by atoms with E-state index >= 15 is 0 Å². The van der Waals surface area contributed by atoms with Crippen LogP contribution in [0.15, 0.2) is 41.2 Å². The fraction of sp³-hybridized carbons (Fsp3) is 0.360. The number of halogens is 6. The lowest BCUT2D eigenvalue weighted by atomic mass is 10.2. The topological polar surface area (TPSA) is 65.8 Å². The number of nitrogens with zero attached hydrogens (tertiary/aromatic N) is 3. The summed E-state index contributed by atoms with van der Waals surface area (Å²) in [6, 6.07) is 5.96. The van der Waals surface area contributed by atoms with Crippen molar-refractivity contribution in [1.29, 1.82) is 0 Å². The van der Waals surface area contributed by atoms with E-state index in [0.717, 1.165) is 24.3 Å². The van der Waals surface area contributed by atoms with Gasteiger partial charge in [0.2, 0.25) is 5.88 Å². The Bertz CT molecular complexity index is 1340. The molecular weight excluding hydrogens is 537 g/mol.